The summed E-state index contributed by atoms with van der Waals surface area (Å²) >= 11 is 0. The molecule has 0 saturated heterocycles. The number of anilines is 2. The summed E-state index contributed by atoms with van der Waals surface area (Å²) < 4.78 is 16.7. The SMILES string of the molecule is CCOC(=O)c1ccc(N2N=C(c3ccccc3)C(=Cc3ccc(OCC(=O)Nc4ccccc4C)c(OCC)c3)C2=O)cc1. The molecule has 0 saturated carbocycles. The third-order valence-corrected chi connectivity index (χ3v) is 6.90. The van der Waals surface area contributed by atoms with E-state index < -0.39 is 5.97 Å². The number of nitrogens with zero attached hydrogens (tertiary/aromatic N) is 2. The molecule has 4 aromatic carbocycles. The third kappa shape index (κ3) is 7.27. The smallest absolute Gasteiger partial charge is 0.338 e. The van der Waals surface area contributed by atoms with Gasteiger partial charge in [0.15, 0.2) is 18.1 Å². The molecule has 0 aliphatic carbocycles. The molecule has 0 unspecified atom stereocenters. The van der Waals surface area contributed by atoms with Gasteiger partial charge >= 0.3 is 5.97 Å². The molecule has 9 heteroatoms. The van der Waals surface area contributed by atoms with E-state index >= 15 is 0 Å². The number of hydrogen-bond acceptors (Lipinski definition) is 7. The van der Waals surface area contributed by atoms with Gasteiger partial charge in [0, 0.05) is 11.3 Å². The van der Waals surface area contributed by atoms with E-state index in [1.165, 1.54) is 5.01 Å². The van der Waals surface area contributed by atoms with Crippen molar-refractivity contribution in [3.8, 4) is 11.5 Å². The second-order valence-electron chi connectivity index (χ2n) is 10.0. The maximum atomic E-state index is 13.8. The molecule has 1 heterocycles. The lowest BCUT2D eigenvalue weighted by Gasteiger charge is -2.14. The molecule has 45 heavy (non-hydrogen) atoms. The molecule has 0 atom stereocenters. The van der Waals surface area contributed by atoms with Gasteiger partial charge in [-0.2, -0.15) is 10.1 Å². The van der Waals surface area contributed by atoms with Gasteiger partial charge in [0.25, 0.3) is 11.8 Å². The number of nitrogens with one attached hydrogen (secondary N) is 1. The van der Waals surface area contributed by atoms with Crippen LogP contribution in [0.4, 0.5) is 11.4 Å². The largest absolute Gasteiger partial charge is 0.490 e. The fourth-order valence-corrected chi connectivity index (χ4v) is 4.69. The number of carbonyl (C=O) groups is 3. The van der Waals surface area contributed by atoms with Gasteiger partial charge in [-0.15, -0.1) is 0 Å². The van der Waals surface area contributed by atoms with Crippen LogP contribution < -0.4 is 19.8 Å². The molecule has 5 rings (SSSR count). The topological polar surface area (TPSA) is 107 Å². The lowest BCUT2D eigenvalue weighted by atomic mass is 10.00. The molecule has 228 valence electrons. The van der Waals surface area contributed by atoms with Crippen LogP contribution >= 0.6 is 0 Å². The van der Waals surface area contributed by atoms with Gasteiger partial charge in [0.1, 0.15) is 5.71 Å². The molecular formula is C36H33N3O6. The van der Waals surface area contributed by atoms with Gasteiger partial charge in [0.2, 0.25) is 0 Å². The predicted octanol–water partition coefficient (Wildman–Crippen LogP) is 6.42. The van der Waals surface area contributed by atoms with Crippen molar-refractivity contribution in [2.45, 2.75) is 20.8 Å². The van der Waals surface area contributed by atoms with Crippen LogP contribution in [0.15, 0.2) is 108 Å². The molecular weight excluding hydrogens is 570 g/mol. The summed E-state index contributed by atoms with van der Waals surface area (Å²) in [6, 6.07) is 28.7. The van der Waals surface area contributed by atoms with Crippen molar-refractivity contribution >= 4 is 40.9 Å². The molecule has 2 amide bonds. The zero-order valence-corrected chi connectivity index (χ0v) is 25.3. The number of esters is 1. The summed E-state index contributed by atoms with van der Waals surface area (Å²) in [7, 11) is 0. The minimum Gasteiger partial charge on any atom is -0.490 e. The summed E-state index contributed by atoms with van der Waals surface area (Å²) in [5.41, 5.74) is 4.89. The van der Waals surface area contributed by atoms with Crippen LogP contribution in [0.3, 0.4) is 0 Å². The van der Waals surface area contributed by atoms with Gasteiger partial charge in [-0.1, -0.05) is 54.6 Å². The Balaban J connectivity index is 1.40. The number of amides is 2. The molecule has 0 radical (unpaired) electrons. The van der Waals surface area contributed by atoms with Crippen LogP contribution in [-0.4, -0.2) is 43.3 Å². The Labute approximate surface area is 261 Å². The van der Waals surface area contributed by atoms with E-state index in [-0.39, 0.29) is 25.0 Å². The molecule has 0 fully saturated rings. The van der Waals surface area contributed by atoms with Crippen molar-refractivity contribution in [2.24, 2.45) is 5.10 Å². The summed E-state index contributed by atoms with van der Waals surface area (Å²) in [6.07, 6.45) is 1.75. The van der Waals surface area contributed by atoms with Crippen LogP contribution in [0.1, 0.15) is 40.9 Å². The second-order valence-corrected chi connectivity index (χ2v) is 10.0. The molecule has 0 aromatic heterocycles. The number of para-hydroxylation sites is 1. The van der Waals surface area contributed by atoms with Crippen LogP contribution in [0, 0.1) is 6.92 Å². The minimum atomic E-state index is -0.435. The number of rotatable bonds is 11. The van der Waals surface area contributed by atoms with E-state index in [0.717, 1.165) is 16.8 Å². The number of carbonyl (C=O) groups excluding carboxylic acids is 3. The molecule has 0 spiro atoms. The Morgan fingerprint density at radius 1 is 0.844 bits per heavy atom. The highest BCUT2D eigenvalue weighted by atomic mass is 16.5. The second kappa shape index (κ2) is 14.2. The zero-order valence-electron chi connectivity index (χ0n) is 25.3. The summed E-state index contributed by atoms with van der Waals surface area (Å²) in [6.45, 7) is 5.95. The van der Waals surface area contributed by atoms with Crippen LogP contribution in [0.2, 0.25) is 0 Å². The van der Waals surface area contributed by atoms with E-state index in [0.29, 0.717) is 46.2 Å². The average molecular weight is 604 g/mol. The van der Waals surface area contributed by atoms with E-state index in [1.54, 1.807) is 55.5 Å². The first-order chi connectivity index (χ1) is 21.9. The first-order valence-electron chi connectivity index (χ1n) is 14.6. The summed E-state index contributed by atoms with van der Waals surface area (Å²) in [5, 5.41) is 8.85. The monoisotopic (exact) mass is 603 g/mol. The summed E-state index contributed by atoms with van der Waals surface area (Å²) in [5.74, 6) is -0.227. The normalized spacial score (nSPS) is 13.4. The Bertz CT molecular complexity index is 1760. The molecule has 1 aliphatic heterocycles. The van der Waals surface area contributed by atoms with Crippen LogP contribution in [-0.2, 0) is 14.3 Å². The van der Waals surface area contributed by atoms with Crippen molar-refractivity contribution in [2.75, 3.05) is 30.1 Å². The highest BCUT2D eigenvalue weighted by Crippen LogP contribution is 2.32. The van der Waals surface area contributed by atoms with E-state index in [1.807, 2.05) is 68.4 Å². The quantitative estimate of drug-likeness (QED) is 0.157. The number of aryl methyl sites for hydroxylation is 1. The zero-order chi connectivity index (χ0) is 31.8. The molecule has 1 N–H and O–H groups in total. The van der Waals surface area contributed by atoms with Crippen molar-refractivity contribution in [1.82, 2.24) is 0 Å². The summed E-state index contributed by atoms with van der Waals surface area (Å²) in [4.78, 5) is 38.5. The molecule has 9 nitrogen and oxygen atoms in total. The third-order valence-electron chi connectivity index (χ3n) is 6.90. The van der Waals surface area contributed by atoms with Gasteiger partial charge in [-0.3, -0.25) is 9.59 Å². The Morgan fingerprint density at radius 3 is 2.29 bits per heavy atom. The maximum Gasteiger partial charge on any atom is 0.338 e. The first kappa shape index (κ1) is 30.7. The van der Waals surface area contributed by atoms with E-state index in [4.69, 9.17) is 14.2 Å². The van der Waals surface area contributed by atoms with E-state index in [9.17, 15) is 14.4 Å². The van der Waals surface area contributed by atoms with Gasteiger partial charge in [0.05, 0.1) is 30.0 Å². The van der Waals surface area contributed by atoms with Crippen molar-refractivity contribution in [1.29, 1.82) is 0 Å². The number of hydrazone groups is 1. The van der Waals surface area contributed by atoms with Crippen LogP contribution in [0.25, 0.3) is 6.08 Å². The molecule has 1 aliphatic rings. The average Bonchev–Trinajstić information content (AvgIpc) is 3.37. The Morgan fingerprint density at radius 2 is 1.58 bits per heavy atom. The van der Waals surface area contributed by atoms with Gasteiger partial charge in [-0.25, -0.2) is 4.79 Å². The van der Waals surface area contributed by atoms with Crippen molar-refractivity contribution < 1.29 is 28.6 Å². The van der Waals surface area contributed by atoms with Gasteiger partial charge < -0.3 is 19.5 Å². The highest BCUT2D eigenvalue weighted by molar-refractivity contribution is 6.37. The van der Waals surface area contributed by atoms with Crippen molar-refractivity contribution in [3.05, 3.63) is 125 Å². The Hall–Kier alpha value is -5.70. The number of ether oxygens (including phenoxy) is 3. The lowest BCUT2D eigenvalue weighted by Crippen LogP contribution is -2.21. The molecule has 0 bridgehead atoms. The maximum absolute atomic E-state index is 13.8. The fourth-order valence-electron chi connectivity index (χ4n) is 4.69. The fraction of sp³-hybridized carbons (Fsp3) is 0.167. The standard InChI is InChI=1S/C36H33N3O6/c1-4-43-32-22-25(15-20-31(32)45-23-33(40)37-30-14-10-9-11-24(30)3)21-29-34(26-12-7-6-8-13-26)38-39(35(29)41)28-18-16-27(17-19-28)36(42)44-5-2/h6-22H,4-5,23H2,1-3H3,(H,37,40). The first-order valence-corrected chi connectivity index (χ1v) is 14.6. The molecule has 4 aromatic rings. The van der Waals surface area contributed by atoms with Gasteiger partial charge in [-0.05, 0) is 80.4 Å². The number of benzene rings is 4. The predicted molar refractivity (Wildman–Crippen MR) is 174 cm³/mol. The van der Waals surface area contributed by atoms with Crippen LogP contribution in [0.5, 0.6) is 11.5 Å². The number of hydrogen-bond donors (Lipinski definition) is 1. The van der Waals surface area contributed by atoms with E-state index in [2.05, 4.69) is 10.4 Å². The lowest BCUT2D eigenvalue weighted by molar-refractivity contribution is -0.118. The Kier molecular flexibility index (Phi) is 9.69. The van der Waals surface area contributed by atoms with Crippen molar-refractivity contribution in [3.63, 3.8) is 0 Å². The minimum absolute atomic E-state index is 0.206. The highest BCUT2D eigenvalue weighted by Gasteiger charge is 2.32.